The molecule has 1 saturated carbocycles. The molecule has 0 radical (unpaired) electrons. The summed E-state index contributed by atoms with van der Waals surface area (Å²) in [7, 11) is 0. The van der Waals surface area contributed by atoms with Crippen LogP contribution in [0.4, 0.5) is 10.9 Å². The fourth-order valence-corrected chi connectivity index (χ4v) is 5.78. The van der Waals surface area contributed by atoms with Crippen molar-refractivity contribution < 1.29 is 9.53 Å². The summed E-state index contributed by atoms with van der Waals surface area (Å²) in [6.07, 6.45) is 9.88. The highest BCUT2D eigenvalue weighted by Crippen LogP contribution is 2.33. The molecule has 0 unspecified atom stereocenters. The number of fused-ring (bicyclic) bond motifs is 1. The second-order valence-corrected chi connectivity index (χ2v) is 10.3. The number of pyridine rings is 2. The van der Waals surface area contributed by atoms with Crippen LogP contribution in [-0.4, -0.2) is 46.5 Å². The first-order valence-corrected chi connectivity index (χ1v) is 13.3. The maximum atomic E-state index is 11.8. The summed E-state index contributed by atoms with van der Waals surface area (Å²) >= 11 is 1.68. The number of carbonyl (C=O) groups excluding carboxylic acids is 1. The Hall–Kier alpha value is -3.72. The van der Waals surface area contributed by atoms with E-state index in [0.29, 0.717) is 24.9 Å². The van der Waals surface area contributed by atoms with E-state index in [2.05, 4.69) is 20.6 Å². The number of piperazine rings is 1. The predicted molar refractivity (Wildman–Crippen MR) is 143 cm³/mol. The first-order chi connectivity index (χ1) is 17.7. The van der Waals surface area contributed by atoms with Gasteiger partial charge in [0.2, 0.25) is 5.91 Å². The van der Waals surface area contributed by atoms with Crippen molar-refractivity contribution in [1.29, 1.82) is 0 Å². The first kappa shape index (κ1) is 22.7. The number of amides is 1. The summed E-state index contributed by atoms with van der Waals surface area (Å²) in [4.78, 5) is 27.5. The molecule has 3 aromatic heterocycles. The molecule has 184 valence electrons. The fourth-order valence-electron chi connectivity index (χ4n) is 4.81. The van der Waals surface area contributed by atoms with E-state index in [9.17, 15) is 4.79 Å². The maximum Gasteiger partial charge on any atom is 0.239 e. The van der Waals surface area contributed by atoms with Gasteiger partial charge in [-0.25, -0.2) is 9.97 Å². The van der Waals surface area contributed by atoms with E-state index < -0.39 is 0 Å². The second-order valence-electron chi connectivity index (χ2n) is 9.28. The zero-order valence-electron chi connectivity index (χ0n) is 19.9. The highest BCUT2D eigenvalue weighted by Gasteiger charge is 2.18. The third-order valence-corrected chi connectivity index (χ3v) is 7.61. The monoisotopic (exact) mass is 500 g/mol. The average molecular weight is 501 g/mol. The van der Waals surface area contributed by atoms with Crippen LogP contribution in [0.25, 0.3) is 21.5 Å². The van der Waals surface area contributed by atoms with Gasteiger partial charge in [-0.3, -0.25) is 9.78 Å². The summed E-state index contributed by atoms with van der Waals surface area (Å²) in [5.41, 5.74) is 2.69. The molecule has 1 aliphatic carbocycles. The van der Waals surface area contributed by atoms with Crippen molar-refractivity contribution in [3.8, 4) is 22.8 Å². The molecular formula is C27H28N6O2S. The number of hydrogen-bond donors (Lipinski definition) is 2. The molecule has 4 aromatic rings. The Labute approximate surface area is 213 Å². The lowest BCUT2D eigenvalue weighted by molar-refractivity contribution is -0.120. The van der Waals surface area contributed by atoms with Gasteiger partial charge in [0.1, 0.15) is 17.3 Å². The van der Waals surface area contributed by atoms with Gasteiger partial charge in [0.15, 0.2) is 5.13 Å². The average Bonchev–Trinajstić information content (AvgIpc) is 3.31. The summed E-state index contributed by atoms with van der Waals surface area (Å²) in [6, 6.07) is 14.2. The lowest BCUT2D eigenvalue weighted by Gasteiger charge is -2.27. The zero-order chi connectivity index (χ0) is 24.3. The second kappa shape index (κ2) is 10.1. The van der Waals surface area contributed by atoms with Gasteiger partial charge < -0.3 is 20.3 Å². The van der Waals surface area contributed by atoms with E-state index in [4.69, 9.17) is 9.72 Å². The molecule has 9 heteroatoms. The van der Waals surface area contributed by atoms with Crippen LogP contribution in [-0.2, 0) is 4.79 Å². The minimum Gasteiger partial charge on any atom is -0.457 e. The number of nitrogens with zero attached hydrogens (tertiary/aromatic N) is 4. The van der Waals surface area contributed by atoms with Gasteiger partial charge in [-0.05, 0) is 43.2 Å². The van der Waals surface area contributed by atoms with Crippen molar-refractivity contribution in [2.75, 3.05) is 29.9 Å². The SMILES string of the molecule is O=C1CN(c2cc(-c3cc(Oc4ccc5nc(NC6CCCCC6)sc5c4)ccn3)ccn2)CCN1. The number of nitrogens with one attached hydrogen (secondary N) is 2. The topological polar surface area (TPSA) is 92.3 Å². The molecule has 4 heterocycles. The Morgan fingerprint density at radius 2 is 1.86 bits per heavy atom. The summed E-state index contributed by atoms with van der Waals surface area (Å²) in [6.45, 7) is 1.66. The standard InChI is InChI=1S/C27H28N6O2S/c34-26-17-33(13-12-30-26)25-14-18(8-10-29-25)23-15-21(9-11-28-23)35-20-6-7-22-24(16-20)36-27(32-22)31-19-4-2-1-3-5-19/h6-11,14-16,19H,1-5,12-13,17H2,(H,30,34)(H,31,32). The van der Waals surface area contributed by atoms with Crippen molar-refractivity contribution in [3.63, 3.8) is 0 Å². The number of carbonyl (C=O) groups is 1. The smallest absolute Gasteiger partial charge is 0.239 e. The molecule has 0 atom stereocenters. The molecule has 0 bridgehead atoms. The van der Waals surface area contributed by atoms with E-state index in [1.807, 2.05) is 47.4 Å². The lowest BCUT2D eigenvalue weighted by Crippen LogP contribution is -2.48. The third kappa shape index (κ3) is 5.11. The molecule has 6 rings (SSSR count). The number of thiazole rings is 1. The van der Waals surface area contributed by atoms with Gasteiger partial charge in [-0.1, -0.05) is 30.6 Å². The molecule has 8 nitrogen and oxygen atoms in total. The summed E-state index contributed by atoms with van der Waals surface area (Å²) < 4.78 is 7.31. The third-order valence-electron chi connectivity index (χ3n) is 6.66. The van der Waals surface area contributed by atoms with Gasteiger partial charge in [0.25, 0.3) is 0 Å². The van der Waals surface area contributed by atoms with E-state index in [1.165, 1.54) is 32.1 Å². The Bertz CT molecular complexity index is 1380. The zero-order valence-corrected chi connectivity index (χ0v) is 20.8. The Kier molecular flexibility index (Phi) is 6.38. The van der Waals surface area contributed by atoms with Crippen LogP contribution in [0.2, 0.25) is 0 Å². The van der Waals surface area contributed by atoms with Crippen LogP contribution in [0.5, 0.6) is 11.5 Å². The molecule has 2 fully saturated rings. The molecule has 2 aliphatic rings. The van der Waals surface area contributed by atoms with Crippen LogP contribution in [0.1, 0.15) is 32.1 Å². The van der Waals surface area contributed by atoms with Crippen LogP contribution in [0, 0.1) is 0 Å². The molecule has 0 spiro atoms. The number of rotatable bonds is 6. The normalized spacial score (nSPS) is 16.7. The highest BCUT2D eigenvalue weighted by molar-refractivity contribution is 7.22. The van der Waals surface area contributed by atoms with Crippen molar-refractivity contribution >= 4 is 38.4 Å². The summed E-state index contributed by atoms with van der Waals surface area (Å²) in [5.74, 6) is 2.25. The summed E-state index contributed by atoms with van der Waals surface area (Å²) in [5, 5.41) is 7.45. The van der Waals surface area contributed by atoms with E-state index in [-0.39, 0.29) is 5.91 Å². The number of benzene rings is 1. The molecule has 36 heavy (non-hydrogen) atoms. The number of ether oxygens (including phenoxy) is 1. The van der Waals surface area contributed by atoms with E-state index >= 15 is 0 Å². The lowest BCUT2D eigenvalue weighted by atomic mass is 9.96. The Morgan fingerprint density at radius 1 is 1.00 bits per heavy atom. The first-order valence-electron chi connectivity index (χ1n) is 12.5. The molecule has 2 N–H and O–H groups in total. The Morgan fingerprint density at radius 3 is 2.75 bits per heavy atom. The quantitative estimate of drug-likeness (QED) is 0.375. The Balaban J connectivity index is 1.18. The van der Waals surface area contributed by atoms with Gasteiger partial charge >= 0.3 is 0 Å². The molecule has 1 amide bonds. The van der Waals surface area contributed by atoms with E-state index in [1.54, 1.807) is 23.7 Å². The fraction of sp³-hybridized carbons (Fsp3) is 0.333. The van der Waals surface area contributed by atoms with Gasteiger partial charge in [-0.15, -0.1) is 0 Å². The number of aromatic nitrogens is 3. The largest absolute Gasteiger partial charge is 0.457 e. The van der Waals surface area contributed by atoms with E-state index in [0.717, 1.165) is 44.7 Å². The van der Waals surface area contributed by atoms with Crippen molar-refractivity contribution in [2.24, 2.45) is 0 Å². The maximum absolute atomic E-state index is 11.8. The molecule has 1 aliphatic heterocycles. The van der Waals surface area contributed by atoms with Crippen LogP contribution in [0.15, 0.2) is 54.9 Å². The predicted octanol–water partition coefficient (Wildman–Crippen LogP) is 5.23. The van der Waals surface area contributed by atoms with Crippen molar-refractivity contribution in [3.05, 3.63) is 54.9 Å². The highest BCUT2D eigenvalue weighted by atomic mass is 32.1. The minimum atomic E-state index is 0.0109. The van der Waals surface area contributed by atoms with Crippen LogP contribution >= 0.6 is 11.3 Å². The molecular weight excluding hydrogens is 472 g/mol. The van der Waals surface area contributed by atoms with Crippen LogP contribution < -0.4 is 20.3 Å². The molecule has 1 aromatic carbocycles. The van der Waals surface area contributed by atoms with Crippen molar-refractivity contribution in [2.45, 2.75) is 38.1 Å². The van der Waals surface area contributed by atoms with Gasteiger partial charge in [0.05, 0.1) is 22.5 Å². The number of hydrogen-bond acceptors (Lipinski definition) is 8. The van der Waals surface area contributed by atoms with Crippen LogP contribution in [0.3, 0.4) is 0 Å². The minimum absolute atomic E-state index is 0.0109. The molecule has 1 saturated heterocycles. The van der Waals surface area contributed by atoms with Gasteiger partial charge in [-0.2, -0.15) is 0 Å². The van der Waals surface area contributed by atoms with Crippen molar-refractivity contribution in [1.82, 2.24) is 20.3 Å². The van der Waals surface area contributed by atoms with Gasteiger partial charge in [0, 0.05) is 49.2 Å². The number of anilines is 2.